The van der Waals surface area contributed by atoms with E-state index < -0.39 is 0 Å². The summed E-state index contributed by atoms with van der Waals surface area (Å²) in [5.41, 5.74) is 3.92. The van der Waals surface area contributed by atoms with Crippen molar-refractivity contribution in [2.75, 3.05) is 6.54 Å². The lowest BCUT2D eigenvalue weighted by atomic mass is 10.1. The Morgan fingerprint density at radius 1 is 1.37 bits per heavy atom. The van der Waals surface area contributed by atoms with E-state index in [0.717, 1.165) is 29.7 Å². The Kier molecular flexibility index (Phi) is 3.95. The van der Waals surface area contributed by atoms with Gasteiger partial charge < -0.3 is 5.32 Å². The molecule has 2 nitrogen and oxygen atoms in total. The highest BCUT2D eigenvalue weighted by Gasteiger charge is 2.23. The number of nitrogens with zero attached hydrogens (tertiary/aromatic N) is 1. The standard InChI is InChI=1S/C16H20N2S/c1-2-8-17-10-15-11-19-16(18-15)14-5-3-4-13(9-14)12-6-7-12/h3-5,9,11-12,17H,2,6-8,10H2,1H3. The number of benzene rings is 1. The monoisotopic (exact) mass is 272 g/mol. The average Bonchev–Trinajstić information content (AvgIpc) is 3.19. The third kappa shape index (κ3) is 3.23. The maximum Gasteiger partial charge on any atom is 0.123 e. The maximum atomic E-state index is 4.73. The zero-order chi connectivity index (χ0) is 13.1. The van der Waals surface area contributed by atoms with Crippen LogP contribution >= 0.6 is 11.3 Å². The summed E-state index contributed by atoms with van der Waals surface area (Å²) >= 11 is 1.75. The molecule has 0 saturated heterocycles. The van der Waals surface area contributed by atoms with Crippen LogP contribution < -0.4 is 5.32 Å². The van der Waals surface area contributed by atoms with Crippen LogP contribution in [0, 0.1) is 0 Å². The summed E-state index contributed by atoms with van der Waals surface area (Å²) in [5.74, 6) is 0.811. The van der Waals surface area contributed by atoms with Crippen molar-refractivity contribution in [3.8, 4) is 10.6 Å². The predicted octanol–water partition coefficient (Wildman–Crippen LogP) is 4.19. The van der Waals surface area contributed by atoms with E-state index in [1.54, 1.807) is 11.3 Å². The molecule has 1 aliphatic rings. The van der Waals surface area contributed by atoms with Gasteiger partial charge in [-0.2, -0.15) is 0 Å². The normalized spacial score (nSPS) is 14.8. The van der Waals surface area contributed by atoms with E-state index in [-0.39, 0.29) is 0 Å². The molecule has 1 N–H and O–H groups in total. The smallest absolute Gasteiger partial charge is 0.123 e. The highest BCUT2D eigenvalue weighted by atomic mass is 32.1. The maximum absolute atomic E-state index is 4.73. The Bertz CT molecular complexity index is 543. The van der Waals surface area contributed by atoms with Crippen molar-refractivity contribution in [3.05, 3.63) is 40.9 Å². The quantitative estimate of drug-likeness (QED) is 0.798. The molecule has 1 aromatic heterocycles. The van der Waals surface area contributed by atoms with Gasteiger partial charge in [0.05, 0.1) is 5.69 Å². The lowest BCUT2D eigenvalue weighted by Crippen LogP contribution is -2.13. The molecule has 2 aromatic rings. The zero-order valence-corrected chi connectivity index (χ0v) is 12.2. The van der Waals surface area contributed by atoms with Gasteiger partial charge in [0.15, 0.2) is 0 Å². The highest BCUT2D eigenvalue weighted by Crippen LogP contribution is 2.41. The Hall–Kier alpha value is -1.19. The molecule has 0 aliphatic heterocycles. The molecular weight excluding hydrogens is 252 g/mol. The van der Waals surface area contributed by atoms with E-state index in [2.05, 4.69) is 41.9 Å². The Morgan fingerprint density at radius 3 is 3.05 bits per heavy atom. The molecule has 3 rings (SSSR count). The minimum absolute atomic E-state index is 0.811. The Labute approximate surface area is 118 Å². The van der Waals surface area contributed by atoms with Gasteiger partial charge in [-0.3, -0.25) is 0 Å². The summed E-state index contributed by atoms with van der Waals surface area (Å²) in [6.07, 6.45) is 3.88. The lowest BCUT2D eigenvalue weighted by molar-refractivity contribution is 0.667. The third-order valence-electron chi connectivity index (χ3n) is 3.47. The van der Waals surface area contributed by atoms with Gasteiger partial charge in [0.25, 0.3) is 0 Å². The van der Waals surface area contributed by atoms with Crippen molar-refractivity contribution >= 4 is 11.3 Å². The first-order valence-electron chi connectivity index (χ1n) is 7.12. The summed E-state index contributed by atoms with van der Waals surface area (Å²) in [7, 11) is 0. The van der Waals surface area contributed by atoms with Gasteiger partial charge >= 0.3 is 0 Å². The van der Waals surface area contributed by atoms with Crippen molar-refractivity contribution in [3.63, 3.8) is 0 Å². The van der Waals surface area contributed by atoms with E-state index in [4.69, 9.17) is 4.98 Å². The van der Waals surface area contributed by atoms with Gasteiger partial charge in [-0.15, -0.1) is 11.3 Å². The van der Waals surface area contributed by atoms with Crippen LogP contribution in [-0.2, 0) is 6.54 Å². The molecular formula is C16H20N2S. The molecule has 1 aromatic carbocycles. The predicted molar refractivity (Wildman–Crippen MR) is 81.5 cm³/mol. The fraction of sp³-hybridized carbons (Fsp3) is 0.438. The molecule has 1 saturated carbocycles. The first-order valence-corrected chi connectivity index (χ1v) is 8.00. The molecule has 0 radical (unpaired) electrons. The van der Waals surface area contributed by atoms with Gasteiger partial charge in [0, 0.05) is 17.5 Å². The van der Waals surface area contributed by atoms with Gasteiger partial charge in [-0.05, 0) is 43.4 Å². The van der Waals surface area contributed by atoms with Crippen LogP contribution in [0.2, 0.25) is 0 Å². The van der Waals surface area contributed by atoms with Crippen molar-refractivity contribution in [2.24, 2.45) is 0 Å². The van der Waals surface area contributed by atoms with Crippen molar-refractivity contribution in [1.82, 2.24) is 10.3 Å². The molecule has 0 atom stereocenters. The second-order valence-corrected chi connectivity index (χ2v) is 6.08. The van der Waals surface area contributed by atoms with Crippen molar-refractivity contribution in [2.45, 2.75) is 38.6 Å². The van der Waals surface area contributed by atoms with E-state index in [1.807, 2.05) is 0 Å². The summed E-state index contributed by atoms with van der Waals surface area (Å²) in [6.45, 7) is 4.12. The van der Waals surface area contributed by atoms with Gasteiger partial charge in [0.1, 0.15) is 5.01 Å². The lowest BCUT2D eigenvalue weighted by Gasteiger charge is -2.01. The van der Waals surface area contributed by atoms with Crippen LogP contribution in [0.5, 0.6) is 0 Å². The van der Waals surface area contributed by atoms with Crippen molar-refractivity contribution in [1.29, 1.82) is 0 Å². The van der Waals surface area contributed by atoms with Crippen LogP contribution in [0.1, 0.15) is 43.4 Å². The van der Waals surface area contributed by atoms with Crippen LogP contribution in [-0.4, -0.2) is 11.5 Å². The number of nitrogens with one attached hydrogen (secondary N) is 1. The van der Waals surface area contributed by atoms with E-state index in [9.17, 15) is 0 Å². The molecule has 0 unspecified atom stereocenters. The first-order chi connectivity index (χ1) is 9.36. The molecule has 1 fully saturated rings. The topological polar surface area (TPSA) is 24.9 Å². The number of aromatic nitrogens is 1. The molecule has 1 aliphatic carbocycles. The number of rotatable bonds is 6. The summed E-state index contributed by atoms with van der Waals surface area (Å²) in [6, 6.07) is 8.91. The zero-order valence-electron chi connectivity index (χ0n) is 11.4. The third-order valence-corrected chi connectivity index (χ3v) is 4.41. The minimum Gasteiger partial charge on any atom is -0.311 e. The minimum atomic E-state index is 0.811. The Morgan fingerprint density at radius 2 is 2.26 bits per heavy atom. The second kappa shape index (κ2) is 5.85. The number of thiazole rings is 1. The van der Waals surface area contributed by atoms with Crippen LogP contribution in [0.3, 0.4) is 0 Å². The van der Waals surface area contributed by atoms with Crippen molar-refractivity contribution < 1.29 is 0 Å². The Balaban J connectivity index is 1.72. The first kappa shape index (κ1) is 12.8. The molecule has 100 valence electrons. The second-order valence-electron chi connectivity index (χ2n) is 5.22. The fourth-order valence-electron chi connectivity index (χ4n) is 2.26. The van der Waals surface area contributed by atoms with Crippen LogP contribution in [0.25, 0.3) is 10.6 Å². The highest BCUT2D eigenvalue weighted by molar-refractivity contribution is 7.13. The molecule has 0 spiro atoms. The van der Waals surface area contributed by atoms with Crippen LogP contribution in [0.15, 0.2) is 29.6 Å². The van der Waals surface area contributed by atoms with Gasteiger partial charge in [-0.1, -0.05) is 25.1 Å². The largest absolute Gasteiger partial charge is 0.311 e. The number of hydrogen-bond donors (Lipinski definition) is 1. The summed E-state index contributed by atoms with van der Waals surface area (Å²) in [4.78, 5) is 4.73. The van der Waals surface area contributed by atoms with E-state index in [1.165, 1.54) is 30.4 Å². The molecule has 3 heteroatoms. The number of hydrogen-bond acceptors (Lipinski definition) is 3. The SMILES string of the molecule is CCCNCc1csc(-c2cccc(C3CC3)c2)n1. The van der Waals surface area contributed by atoms with E-state index >= 15 is 0 Å². The van der Waals surface area contributed by atoms with Crippen LogP contribution in [0.4, 0.5) is 0 Å². The van der Waals surface area contributed by atoms with Gasteiger partial charge in [-0.25, -0.2) is 4.98 Å². The van der Waals surface area contributed by atoms with E-state index in [0.29, 0.717) is 0 Å². The fourth-order valence-corrected chi connectivity index (χ4v) is 3.07. The van der Waals surface area contributed by atoms with Gasteiger partial charge in [0.2, 0.25) is 0 Å². The average molecular weight is 272 g/mol. The molecule has 0 bridgehead atoms. The molecule has 19 heavy (non-hydrogen) atoms. The molecule has 0 amide bonds. The summed E-state index contributed by atoms with van der Waals surface area (Å²) < 4.78 is 0. The summed E-state index contributed by atoms with van der Waals surface area (Å²) in [5, 5.41) is 6.72. The molecule has 1 heterocycles.